The third-order valence-electron chi connectivity index (χ3n) is 2.71. The highest BCUT2D eigenvalue weighted by Gasteiger charge is 2.36. The monoisotopic (exact) mass is 258 g/mol. The van der Waals surface area contributed by atoms with Gasteiger partial charge in [0.1, 0.15) is 0 Å². The molecule has 0 nitrogen and oxygen atoms in total. The van der Waals surface area contributed by atoms with Gasteiger partial charge in [-0.05, 0) is 35.1 Å². The molecular weight excluding hydrogens is 247 g/mol. The highest BCUT2D eigenvalue weighted by Crippen LogP contribution is 2.50. The normalized spacial score (nSPS) is 24.5. The molecule has 2 rings (SSSR count). The molecule has 1 aliphatic rings. The van der Waals surface area contributed by atoms with Crippen molar-refractivity contribution in [3.05, 3.63) is 34.3 Å². The number of benzene rings is 1. The van der Waals surface area contributed by atoms with Gasteiger partial charge in [-0.3, -0.25) is 0 Å². The SMILES string of the molecule is CC1(C)Cc2cc(Cl)ccc2C1Br. The quantitative estimate of drug-likeness (QED) is 0.607. The van der Waals surface area contributed by atoms with Gasteiger partial charge < -0.3 is 0 Å². The topological polar surface area (TPSA) is 0 Å². The average molecular weight is 260 g/mol. The molecule has 2 heteroatoms. The summed E-state index contributed by atoms with van der Waals surface area (Å²) in [6, 6.07) is 6.18. The van der Waals surface area contributed by atoms with Crippen LogP contribution in [-0.4, -0.2) is 0 Å². The lowest BCUT2D eigenvalue weighted by Crippen LogP contribution is -2.12. The van der Waals surface area contributed by atoms with Gasteiger partial charge in [0.15, 0.2) is 0 Å². The van der Waals surface area contributed by atoms with E-state index in [4.69, 9.17) is 11.6 Å². The van der Waals surface area contributed by atoms with Crippen LogP contribution in [0.4, 0.5) is 0 Å². The molecule has 0 saturated carbocycles. The Labute approximate surface area is 92.4 Å². The lowest BCUT2D eigenvalue weighted by atomic mass is 9.90. The fourth-order valence-corrected chi connectivity index (χ4v) is 2.78. The van der Waals surface area contributed by atoms with E-state index in [0.29, 0.717) is 10.2 Å². The fraction of sp³-hybridized carbons (Fsp3) is 0.455. The predicted molar refractivity (Wildman–Crippen MR) is 60.6 cm³/mol. The van der Waals surface area contributed by atoms with E-state index in [-0.39, 0.29) is 0 Å². The van der Waals surface area contributed by atoms with Gasteiger partial charge in [-0.1, -0.05) is 47.4 Å². The first-order valence-corrected chi connectivity index (χ1v) is 5.72. The van der Waals surface area contributed by atoms with Crippen LogP contribution in [0, 0.1) is 5.41 Å². The summed E-state index contributed by atoms with van der Waals surface area (Å²) in [5, 5.41) is 0.844. The summed E-state index contributed by atoms with van der Waals surface area (Å²) in [4.78, 5) is 0.465. The largest absolute Gasteiger partial charge is 0.0843 e. The molecule has 0 bridgehead atoms. The van der Waals surface area contributed by atoms with Crippen molar-refractivity contribution in [3.63, 3.8) is 0 Å². The van der Waals surface area contributed by atoms with Crippen LogP contribution in [0.3, 0.4) is 0 Å². The van der Waals surface area contributed by atoms with Gasteiger partial charge in [0, 0.05) is 9.85 Å². The molecule has 1 aromatic carbocycles. The summed E-state index contributed by atoms with van der Waals surface area (Å²) < 4.78 is 0. The van der Waals surface area contributed by atoms with Crippen molar-refractivity contribution in [1.82, 2.24) is 0 Å². The molecule has 0 saturated heterocycles. The summed E-state index contributed by atoms with van der Waals surface area (Å²) in [7, 11) is 0. The molecule has 1 aromatic rings. The first-order chi connectivity index (χ1) is 6.00. The third kappa shape index (κ3) is 1.53. The lowest BCUT2D eigenvalue weighted by Gasteiger charge is -2.21. The predicted octanol–water partition coefficient (Wildman–Crippen LogP) is 4.36. The standard InChI is InChI=1S/C11H12BrCl/c1-11(2)6-7-5-8(13)3-4-9(7)10(11)12/h3-5,10H,6H2,1-2H3. The molecule has 0 amide bonds. The van der Waals surface area contributed by atoms with E-state index >= 15 is 0 Å². The molecular formula is C11H12BrCl. The zero-order valence-corrected chi connectivity index (χ0v) is 10.1. The minimum absolute atomic E-state index is 0.313. The molecule has 1 atom stereocenters. The first kappa shape index (κ1) is 9.54. The smallest absolute Gasteiger partial charge is 0.0452 e. The Balaban J connectivity index is 2.50. The van der Waals surface area contributed by atoms with E-state index in [1.54, 1.807) is 0 Å². The fourth-order valence-electron chi connectivity index (χ4n) is 1.98. The van der Waals surface area contributed by atoms with Gasteiger partial charge in [-0.2, -0.15) is 0 Å². The summed E-state index contributed by atoms with van der Waals surface area (Å²) in [6.45, 7) is 4.56. The van der Waals surface area contributed by atoms with Gasteiger partial charge in [-0.15, -0.1) is 0 Å². The Bertz CT molecular complexity index is 344. The summed E-state index contributed by atoms with van der Waals surface area (Å²) in [5.41, 5.74) is 3.10. The van der Waals surface area contributed by atoms with E-state index in [9.17, 15) is 0 Å². The molecule has 0 aromatic heterocycles. The zero-order chi connectivity index (χ0) is 9.64. The van der Waals surface area contributed by atoms with Gasteiger partial charge in [0.05, 0.1) is 0 Å². The van der Waals surface area contributed by atoms with Gasteiger partial charge in [0.2, 0.25) is 0 Å². The Morgan fingerprint density at radius 3 is 2.85 bits per heavy atom. The second-order valence-corrected chi connectivity index (χ2v) is 5.72. The van der Waals surface area contributed by atoms with Crippen molar-refractivity contribution in [3.8, 4) is 0 Å². The van der Waals surface area contributed by atoms with Crippen LogP contribution in [-0.2, 0) is 6.42 Å². The Kier molecular flexibility index (Phi) is 2.20. The van der Waals surface area contributed by atoms with Crippen LogP contribution >= 0.6 is 27.5 Å². The Morgan fingerprint density at radius 1 is 1.46 bits per heavy atom. The van der Waals surface area contributed by atoms with Crippen molar-refractivity contribution in [1.29, 1.82) is 0 Å². The van der Waals surface area contributed by atoms with Crippen LogP contribution in [0.25, 0.3) is 0 Å². The Morgan fingerprint density at radius 2 is 2.15 bits per heavy atom. The number of halogens is 2. The maximum atomic E-state index is 5.95. The molecule has 0 N–H and O–H groups in total. The van der Waals surface area contributed by atoms with Gasteiger partial charge in [-0.25, -0.2) is 0 Å². The minimum Gasteiger partial charge on any atom is -0.0843 e. The second-order valence-electron chi connectivity index (χ2n) is 4.37. The van der Waals surface area contributed by atoms with E-state index in [2.05, 4.69) is 41.9 Å². The van der Waals surface area contributed by atoms with E-state index in [0.717, 1.165) is 11.4 Å². The van der Waals surface area contributed by atoms with Crippen molar-refractivity contribution in [2.75, 3.05) is 0 Å². The van der Waals surface area contributed by atoms with Crippen LogP contribution in [0.15, 0.2) is 18.2 Å². The molecule has 13 heavy (non-hydrogen) atoms. The second kappa shape index (κ2) is 2.99. The van der Waals surface area contributed by atoms with E-state index in [1.807, 2.05) is 6.07 Å². The van der Waals surface area contributed by atoms with Crippen molar-refractivity contribution in [2.45, 2.75) is 25.1 Å². The zero-order valence-electron chi connectivity index (χ0n) is 7.77. The van der Waals surface area contributed by atoms with Crippen LogP contribution in [0.2, 0.25) is 5.02 Å². The highest BCUT2D eigenvalue weighted by atomic mass is 79.9. The lowest BCUT2D eigenvalue weighted by molar-refractivity contribution is 0.389. The molecule has 1 aliphatic carbocycles. The molecule has 70 valence electrons. The van der Waals surface area contributed by atoms with Crippen LogP contribution < -0.4 is 0 Å². The summed E-state index contributed by atoms with van der Waals surface area (Å²) in [6.07, 6.45) is 1.11. The Hall–Kier alpha value is -0.0100. The summed E-state index contributed by atoms with van der Waals surface area (Å²) in [5.74, 6) is 0. The first-order valence-electron chi connectivity index (χ1n) is 4.43. The molecule has 0 radical (unpaired) electrons. The third-order valence-corrected chi connectivity index (χ3v) is 4.68. The highest BCUT2D eigenvalue weighted by molar-refractivity contribution is 9.09. The number of fused-ring (bicyclic) bond motifs is 1. The number of alkyl halides is 1. The number of hydrogen-bond acceptors (Lipinski definition) is 0. The number of hydrogen-bond donors (Lipinski definition) is 0. The van der Waals surface area contributed by atoms with E-state index in [1.165, 1.54) is 11.1 Å². The molecule has 0 heterocycles. The maximum absolute atomic E-state index is 5.95. The minimum atomic E-state index is 0.313. The molecule has 0 spiro atoms. The molecule has 0 aliphatic heterocycles. The maximum Gasteiger partial charge on any atom is 0.0452 e. The van der Waals surface area contributed by atoms with Crippen molar-refractivity contribution < 1.29 is 0 Å². The van der Waals surface area contributed by atoms with Gasteiger partial charge >= 0.3 is 0 Å². The van der Waals surface area contributed by atoms with Crippen molar-refractivity contribution >= 4 is 27.5 Å². The van der Waals surface area contributed by atoms with E-state index < -0.39 is 0 Å². The molecule has 0 fully saturated rings. The van der Waals surface area contributed by atoms with Crippen LogP contribution in [0.1, 0.15) is 29.8 Å². The molecule has 1 unspecified atom stereocenters. The summed E-state index contributed by atoms with van der Waals surface area (Å²) >= 11 is 9.69. The van der Waals surface area contributed by atoms with Crippen LogP contribution in [0.5, 0.6) is 0 Å². The van der Waals surface area contributed by atoms with Crippen molar-refractivity contribution in [2.24, 2.45) is 5.41 Å². The van der Waals surface area contributed by atoms with Gasteiger partial charge in [0.25, 0.3) is 0 Å². The number of rotatable bonds is 0. The average Bonchev–Trinajstić information content (AvgIpc) is 2.22.